The van der Waals surface area contributed by atoms with Gasteiger partial charge in [0.1, 0.15) is 0 Å². The number of nitrogens with two attached hydrogens (primary N) is 1. The summed E-state index contributed by atoms with van der Waals surface area (Å²) in [5.41, 5.74) is 2.07. The lowest BCUT2D eigenvalue weighted by Gasteiger charge is -2.30. The molecule has 7 heteroatoms. The molecular weight excluding hydrogens is 257 g/mol. The Bertz CT molecular complexity index is 419. The number of nitrogens with one attached hydrogen (secondary N) is 1. The molecule has 0 aliphatic heterocycles. The van der Waals surface area contributed by atoms with Crippen molar-refractivity contribution in [3.8, 4) is 0 Å². The Morgan fingerprint density at radius 3 is 2.12 bits per heavy atom. The molecule has 0 saturated heterocycles. The summed E-state index contributed by atoms with van der Waals surface area (Å²) in [4.78, 5) is 11.0. The quantitative estimate of drug-likeness (QED) is 0.883. The Balaban J connectivity index is 3.04. The van der Waals surface area contributed by atoms with Crippen molar-refractivity contribution in [3.63, 3.8) is 0 Å². The fourth-order valence-corrected chi connectivity index (χ4v) is 1.22. The van der Waals surface area contributed by atoms with Crippen LogP contribution in [0, 0.1) is 0 Å². The van der Waals surface area contributed by atoms with Gasteiger partial charge in [0.2, 0.25) is 5.54 Å². The highest BCUT2D eigenvalue weighted by atomic mass is 35.5. The first-order valence-electron chi connectivity index (χ1n) is 4.57. The van der Waals surface area contributed by atoms with Crippen molar-refractivity contribution >= 4 is 23.2 Å². The molecule has 3 N–H and O–H groups in total. The molecule has 1 atom stereocenters. The van der Waals surface area contributed by atoms with Gasteiger partial charge < -0.3 is 11.1 Å². The summed E-state index contributed by atoms with van der Waals surface area (Å²) in [7, 11) is 0. The van der Waals surface area contributed by atoms with E-state index >= 15 is 0 Å². The molecule has 0 fully saturated rings. The van der Waals surface area contributed by atoms with Crippen molar-refractivity contribution in [2.24, 2.45) is 5.73 Å². The van der Waals surface area contributed by atoms with Gasteiger partial charge in [-0.25, -0.2) is 0 Å². The SMILES string of the molecule is CC(Nc1ccc(Cl)cc1)(C(N)=O)C(F)(F)F. The summed E-state index contributed by atoms with van der Waals surface area (Å²) in [6.45, 7) is 0.684. The van der Waals surface area contributed by atoms with Crippen LogP contribution in [0.15, 0.2) is 24.3 Å². The molecule has 0 heterocycles. The third kappa shape index (κ3) is 2.82. The largest absolute Gasteiger partial charge is 0.420 e. The topological polar surface area (TPSA) is 55.1 Å². The molecule has 0 aromatic heterocycles. The third-order valence-corrected chi connectivity index (χ3v) is 2.55. The highest BCUT2D eigenvalue weighted by molar-refractivity contribution is 6.30. The molecule has 17 heavy (non-hydrogen) atoms. The smallest absolute Gasteiger partial charge is 0.367 e. The lowest BCUT2D eigenvalue weighted by Crippen LogP contribution is -2.58. The number of hydrogen-bond acceptors (Lipinski definition) is 2. The zero-order valence-electron chi connectivity index (χ0n) is 8.81. The normalized spacial score (nSPS) is 15.1. The van der Waals surface area contributed by atoms with Gasteiger partial charge >= 0.3 is 6.18 Å². The maximum absolute atomic E-state index is 12.7. The number of carbonyl (C=O) groups excluding carboxylic acids is 1. The highest BCUT2D eigenvalue weighted by Crippen LogP contribution is 2.33. The zero-order chi connectivity index (χ0) is 13.3. The van der Waals surface area contributed by atoms with Gasteiger partial charge in [-0.2, -0.15) is 13.2 Å². The standard InChI is InChI=1S/C10H10ClF3N2O/c1-9(8(15)17,10(12,13)14)16-7-4-2-6(11)3-5-7/h2-5,16H,1H3,(H2,15,17). The number of halogens is 4. The lowest BCUT2D eigenvalue weighted by atomic mass is 10.0. The molecule has 3 nitrogen and oxygen atoms in total. The molecular formula is C10H10ClF3N2O. The summed E-state index contributed by atoms with van der Waals surface area (Å²) in [6.07, 6.45) is -4.79. The maximum Gasteiger partial charge on any atom is 0.420 e. The molecule has 94 valence electrons. The van der Waals surface area contributed by atoms with E-state index in [2.05, 4.69) is 5.32 Å². The van der Waals surface area contributed by atoms with Crippen LogP contribution in [0.1, 0.15) is 6.92 Å². The Labute approximate surface area is 101 Å². The zero-order valence-corrected chi connectivity index (χ0v) is 9.56. The maximum atomic E-state index is 12.7. The van der Waals surface area contributed by atoms with Crippen molar-refractivity contribution in [2.75, 3.05) is 5.32 Å². The van der Waals surface area contributed by atoms with E-state index < -0.39 is 17.6 Å². The minimum atomic E-state index is -4.79. The molecule has 0 bridgehead atoms. The molecule has 0 radical (unpaired) electrons. The summed E-state index contributed by atoms with van der Waals surface area (Å²) in [5, 5.41) is 2.44. The van der Waals surface area contributed by atoms with Gasteiger partial charge in [-0.1, -0.05) is 11.6 Å². The predicted molar refractivity (Wildman–Crippen MR) is 58.7 cm³/mol. The first-order valence-corrected chi connectivity index (χ1v) is 4.95. The molecule has 0 saturated carbocycles. The number of carbonyl (C=O) groups is 1. The van der Waals surface area contributed by atoms with E-state index in [1.165, 1.54) is 24.3 Å². The molecule has 1 aromatic carbocycles. The van der Waals surface area contributed by atoms with E-state index in [-0.39, 0.29) is 5.69 Å². The average molecular weight is 267 g/mol. The van der Waals surface area contributed by atoms with Crippen LogP contribution in [0.4, 0.5) is 18.9 Å². The summed E-state index contributed by atoms with van der Waals surface area (Å²) in [5.74, 6) is -1.50. The van der Waals surface area contributed by atoms with E-state index in [0.717, 1.165) is 0 Å². The van der Waals surface area contributed by atoms with Gasteiger partial charge in [0.25, 0.3) is 5.91 Å². The monoisotopic (exact) mass is 266 g/mol. The Morgan fingerprint density at radius 2 is 1.76 bits per heavy atom. The van der Waals surface area contributed by atoms with Gasteiger partial charge in [-0.05, 0) is 31.2 Å². The number of benzene rings is 1. The lowest BCUT2D eigenvalue weighted by molar-refractivity contribution is -0.180. The molecule has 1 amide bonds. The van der Waals surface area contributed by atoms with Crippen molar-refractivity contribution in [3.05, 3.63) is 29.3 Å². The third-order valence-electron chi connectivity index (χ3n) is 2.30. The van der Waals surface area contributed by atoms with E-state index in [1.807, 2.05) is 0 Å². The van der Waals surface area contributed by atoms with Gasteiger partial charge in [0, 0.05) is 10.7 Å². The van der Waals surface area contributed by atoms with Crippen LogP contribution in [0.25, 0.3) is 0 Å². The van der Waals surface area contributed by atoms with Crippen LogP contribution in [0.3, 0.4) is 0 Å². The molecule has 1 unspecified atom stereocenters. The van der Waals surface area contributed by atoms with Crippen molar-refractivity contribution in [2.45, 2.75) is 18.6 Å². The van der Waals surface area contributed by atoms with E-state index in [4.69, 9.17) is 17.3 Å². The molecule has 1 aromatic rings. The van der Waals surface area contributed by atoms with E-state index in [1.54, 1.807) is 0 Å². The van der Waals surface area contributed by atoms with Gasteiger partial charge in [0.05, 0.1) is 0 Å². The first kappa shape index (κ1) is 13.6. The van der Waals surface area contributed by atoms with Crippen LogP contribution >= 0.6 is 11.6 Å². The second-order valence-corrected chi connectivity index (χ2v) is 4.06. The van der Waals surface area contributed by atoms with Gasteiger partial charge in [-0.3, -0.25) is 4.79 Å². The number of rotatable bonds is 3. The fourth-order valence-electron chi connectivity index (χ4n) is 1.09. The second kappa shape index (κ2) is 4.44. The Kier molecular flexibility index (Phi) is 3.56. The number of alkyl halides is 3. The van der Waals surface area contributed by atoms with Crippen molar-refractivity contribution in [1.29, 1.82) is 0 Å². The van der Waals surface area contributed by atoms with Gasteiger partial charge in [-0.15, -0.1) is 0 Å². The van der Waals surface area contributed by atoms with Crippen LogP contribution in [-0.2, 0) is 4.79 Å². The van der Waals surface area contributed by atoms with Crippen LogP contribution in [-0.4, -0.2) is 17.6 Å². The Morgan fingerprint density at radius 1 is 1.29 bits per heavy atom. The second-order valence-electron chi connectivity index (χ2n) is 3.62. The number of hydrogen-bond donors (Lipinski definition) is 2. The van der Waals surface area contributed by atoms with E-state index in [0.29, 0.717) is 11.9 Å². The molecule has 0 aliphatic carbocycles. The van der Waals surface area contributed by atoms with Gasteiger partial charge in [0.15, 0.2) is 0 Å². The summed E-state index contributed by atoms with van der Waals surface area (Å²) in [6, 6.07) is 5.47. The Hall–Kier alpha value is -1.43. The molecule has 0 spiro atoms. The average Bonchev–Trinajstić information content (AvgIpc) is 2.19. The fraction of sp³-hybridized carbons (Fsp3) is 0.300. The highest BCUT2D eigenvalue weighted by Gasteiger charge is 2.56. The van der Waals surface area contributed by atoms with Crippen LogP contribution < -0.4 is 11.1 Å². The summed E-state index contributed by atoms with van der Waals surface area (Å²) < 4.78 is 38.2. The summed E-state index contributed by atoms with van der Waals surface area (Å²) >= 11 is 5.59. The van der Waals surface area contributed by atoms with Crippen LogP contribution in [0.2, 0.25) is 5.02 Å². The number of amides is 1. The van der Waals surface area contributed by atoms with Crippen molar-refractivity contribution in [1.82, 2.24) is 0 Å². The first-order chi connectivity index (χ1) is 7.67. The number of primary amides is 1. The minimum Gasteiger partial charge on any atom is -0.367 e. The molecule has 1 rings (SSSR count). The number of anilines is 1. The van der Waals surface area contributed by atoms with Crippen LogP contribution in [0.5, 0.6) is 0 Å². The predicted octanol–water partition coefficient (Wildman–Crippen LogP) is 2.56. The van der Waals surface area contributed by atoms with E-state index in [9.17, 15) is 18.0 Å². The minimum absolute atomic E-state index is 0.105. The van der Waals surface area contributed by atoms with Crippen molar-refractivity contribution < 1.29 is 18.0 Å². The molecule has 0 aliphatic rings.